The van der Waals surface area contributed by atoms with Gasteiger partial charge in [-0.2, -0.15) is 0 Å². The molecule has 10 aromatic carbocycles. The first-order valence-corrected chi connectivity index (χ1v) is 29.3. The third-order valence-corrected chi connectivity index (χ3v) is 22.6. The quantitative estimate of drug-likeness (QED) is 0.156. The van der Waals surface area contributed by atoms with Crippen LogP contribution < -0.4 is 20.7 Å². The summed E-state index contributed by atoms with van der Waals surface area (Å²) in [5.74, 6) is 0. The Labute approximate surface area is 386 Å². The van der Waals surface area contributed by atoms with Gasteiger partial charge in [0.1, 0.15) is 16.1 Å². The monoisotopic (exact) mass is 874 g/mol. The van der Waals surface area contributed by atoms with Crippen LogP contribution in [0.15, 0.2) is 206 Å². The van der Waals surface area contributed by atoms with Gasteiger partial charge in [-0.1, -0.05) is 184 Å². The standard InChI is InChI=1S/C62H46N2Si2/c1-65(2)57-35-33-50-49(61(57)51-31-25-41(37-59(51)65)39-21-27-43(28-22-39)63-53-17-9-5-13-45(53)46-14-6-10-18-54(46)63)34-36-58-62(50)52-32-26-42(38-60(52)66(58,3)4)40-23-29-44(30-24-40)64-55-19-11-7-15-47(55)48-16-8-12-20-56(48)64/h5-38H,1-4H3. The van der Waals surface area contributed by atoms with Crippen LogP contribution in [0.5, 0.6) is 0 Å². The smallest absolute Gasteiger partial charge is 0.113 e. The van der Waals surface area contributed by atoms with Crippen molar-refractivity contribution in [3.63, 3.8) is 0 Å². The van der Waals surface area contributed by atoms with E-state index in [9.17, 15) is 0 Å². The summed E-state index contributed by atoms with van der Waals surface area (Å²) < 4.78 is 4.80. The third kappa shape index (κ3) is 5.11. The van der Waals surface area contributed by atoms with Crippen molar-refractivity contribution in [3.05, 3.63) is 206 Å². The van der Waals surface area contributed by atoms with Crippen molar-refractivity contribution in [2.75, 3.05) is 0 Å². The van der Waals surface area contributed by atoms with Crippen LogP contribution in [0.4, 0.5) is 0 Å². The highest BCUT2D eigenvalue weighted by atomic mass is 28.3. The SMILES string of the molecule is C[Si]1(C)c2cc(-c3ccc(-n4c5ccccc5c5ccccc54)cc3)ccc2-c2c1ccc1c3c(ccc21)[Si](C)(C)c1cc(-c2ccc(-n4c5ccccc5c5ccccc54)cc2)ccc1-3. The molecule has 12 aromatic rings. The third-order valence-electron chi connectivity index (χ3n) is 15.5. The molecule has 0 spiro atoms. The molecule has 2 aromatic heterocycles. The van der Waals surface area contributed by atoms with Crippen LogP contribution in [0.25, 0.3) is 110 Å². The van der Waals surface area contributed by atoms with Gasteiger partial charge in [-0.15, -0.1) is 0 Å². The second-order valence-electron chi connectivity index (χ2n) is 19.7. The van der Waals surface area contributed by atoms with Crippen LogP contribution in [0.2, 0.25) is 26.2 Å². The number of fused-ring (bicyclic) bond motifs is 15. The van der Waals surface area contributed by atoms with Gasteiger partial charge in [-0.25, -0.2) is 0 Å². The summed E-state index contributed by atoms with van der Waals surface area (Å²) in [6.07, 6.45) is 0. The van der Waals surface area contributed by atoms with E-state index in [2.05, 4.69) is 242 Å². The Hall–Kier alpha value is -7.51. The lowest BCUT2D eigenvalue weighted by Gasteiger charge is -2.21. The lowest BCUT2D eigenvalue weighted by molar-refractivity contribution is 1.18. The maximum absolute atomic E-state index is 2.55. The minimum absolute atomic E-state index is 1.19. The van der Waals surface area contributed by atoms with E-state index in [1.54, 1.807) is 20.7 Å². The van der Waals surface area contributed by atoms with Crippen molar-refractivity contribution < 1.29 is 0 Å². The molecule has 2 aliphatic rings. The zero-order valence-electron chi connectivity index (χ0n) is 37.5. The van der Waals surface area contributed by atoms with Crippen LogP contribution in [0.3, 0.4) is 0 Å². The van der Waals surface area contributed by atoms with Crippen LogP contribution in [0.1, 0.15) is 0 Å². The first-order chi connectivity index (χ1) is 32.3. The highest BCUT2D eigenvalue weighted by molar-refractivity contribution is 7.05. The Balaban J connectivity index is 0.824. The molecule has 0 bridgehead atoms. The molecule has 0 atom stereocenters. The fourth-order valence-corrected chi connectivity index (χ4v) is 18.4. The van der Waals surface area contributed by atoms with Gasteiger partial charge in [0.25, 0.3) is 0 Å². The Morgan fingerprint density at radius 3 is 0.939 bits per heavy atom. The van der Waals surface area contributed by atoms with Gasteiger partial charge in [0.05, 0.1) is 22.1 Å². The predicted molar refractivity (Wildman–Crippen MR) is 288 cm³/mol. The summed E-state index contributed by atoms with van der Waals surface area (Å²) in [6.45, 7) is 10.2. The summed E-state index contributed by atoms with van der Waals surface area (Å²) >= 11 is 0. The highest BCUT2D eigenvalue weighted by Crippen LogP contribution is 2.42. The van der Waals surface area contributed by atoms with Gasteiger partial charge in [0.15, 0.2) is 0 Å². The topological polar surface area (TPSA) is 9.86 Å². The van der Waals surface area contributed by atoms with Crippen molar-refractivity contribution in [1.82, 2.24) is 9.13 Å². The number of hydrogen-bond acceptors (Lipinski definition) is 0. The van der Waals surface area contributed by atoms with E-state index in [4.69, 9.17) is 0 Å². The van der Waals surface area contributed by atoms with Crippen molar-refractivity contribution >= 4 is 91.3 Å². The Kier molecular flexibility index (Phi) is 7.75. The molecular weight excluding hydrogens is 829 g/mol. The maximum Gasteiger partial charge on any atom is 0.113 e. The van der Waals surface area contributed by atoms with E-state index in [0.717, 1.165) is 0 Å². The molecule has 4 heteroatoms. The largest absolute Gasteiger partial charge is 0.309 e. The molecule has 312 valence electrons. The fraction of sp³-hybridized carbons (Fsp3) is 0.0645. The van der Waals surface area contributed by atoms with Crippen LogP contribution >= 0.6 is 0 Å². The molecular formula is C62H46N2Si2. The molecule has 0 saturated heterocycles. The number of benzene rings is 10. The maximum atomic E-state index is 2.55. The number of aromatic nitrogens is 2. The summed E-state index contributed by atoms with van der Waals surface area (Å²) in [7, 11) is -3.99. The molecule has 14 rings (SSSR count). The second kappa shape index (κ2) is 13.5. The average Bonchev–Trinajstić information content (AvgIpc) is 4.02. The number of hydrogen-bond donors (Lipinski definition) is 0. The molecule has 0 unspecified atom stereocenters. The molecule has 2 nitrogen and oxygen atoms in total. The lowest BCUT2D eigenvalue weighted by atomic mass is 9.91. The Bertz CT molecular complexity index is 3660. The number of para-hydroxylation sites is 4. The van der Waals surface area contributed by atoms with Crippen molar-refractivity contribution in [3.8, 4) is 55.9 Å². The summed E-state index contributed by atoms with van der Waals surface area (Å²) in [6, 6.07) is 78.0. The Morgan fingerprint density at radius 2 is 0.591 bits per heavy atom. The van der Waals surface area contributed by atoms with Crippen LogP contribution in [-0.4, -0.2) is 25.3 Å². The first kappa shape index (κ1) is 37.8. The van der Waals surface area contributed by atoms with Gasteiger partial charge in [0.2, 0.25) is 0 Å². The van der Waals surface area contributed by atoms with E-state index in [-0.39, 0.29) is 0 Å². The van der Waals surface area contributed by atoms with Crippen molar-refractivity contribution in [1.29, 1.82) is 0 Å². The molecule has 0 aliphatic carbocycles. The molecule has 2 aliphatic heterocycles. The van der Waals surface area contributed by atoms with Gasteiger partial charge in [0, 0.05) is 32.9 Å². The molecule has 4 heterocycles. The van der Waals surface area contributed by atoms with Crippen molar-refractivity contribution in [2.24, 2.45) is 0 Å². The van der Waals surface area contributed by atoms with E-state index in [0.29, 0.717) is 0 Å². The summed E-state index contributed by atoms with van der Waals surface area (Å²) in [4.78, 5) is 0. The minimum Gasteiger partial charge on any atom is -0.309 e. The van der Waals surface area contributed by atoms with E-state index in [1.807, 2.05) is 0 Å². The van der Waals surface area contributed by atoms with Crippen molar-refractivity contribution in [2.45, 2.75) is 26.2 Å². The molecule has 0 amide bonds. The van der Waals surface area contributed by atoms with E-state index >= 15 is 0 Å². The van der Waals surface area contributed by atoms with E-state index < -0.39 is 16.1 Å². The number of rotatable bonds is 4. The first-order valence-electron chi connectivity index (χ1n) is 23.3. The fourth-order valence-electron chi connectivity index (χ4n) is 12.2. The molecule has 0 saturated carbocycles. The number of nitrogens with zero attached hydrogens (tertiary/aromatic N) is 2. The van der Waals surface area contributed by atoms with Crippen LogP contribution in [0, 0.1) is 0 Å². The molecule has 0 N–H and O–H groups in total. The molecule has 0 radical (unpaired) electrons. The summed E-state index contributed by atoms with van der Waals surface area (Å²) in [5.41, 5.74) is 18.2. The molecule has 66 heavy (non-hydrogen) atoms. The minimum atomic E-state index is -2.00. The summed E-state index contributed by atoms with van der Waals surface area (Å²) in [5, 5.41) is 14.1. The average molecular weight is 875 g/mol. The lowest BCUT2D eigenvalue weighted by Crippen LogP contribution is -2.49. The zero-order valence-corrected chi connectivity index (χ0v) is 39.5. The highest BCUT2D eigenvalue weighted by Gasteiger charge is 2.42. The zero-order chi connectivity index (χ0) is 44.1. The van der Waals surface area contributed by atoms with Crippen LogP contribution in [-0.2, 0) is 0 Å². The Morgan fingerprint density at radius 1 is 0.273 bits per heavy atom. The van der Waals surface area contributed by atoms with Gasteiger partial charge < -0.3 is 9.13 Å². The molecule has 0 fully saturated rings. The van der Waals surface area contributed by atoms with E-state index in [1.165, 1.54) is 110 Å². The van der Waals surface area contributed by atoms with Gasteiger partial charge in [-0.3, -0.25) is 0 Å². The predicted octanol–water partition coefficient (Wildman–Crippen LogP) is 14.0. The van der Waals surface area contributed by atoms with Gasteiger partial charge >= 0.3 is 0 Å². The normalized spacial score (nSPS) is 14.3. The second-order valence-corrected chi connectivity index (χ2v) is 28.3. The van der Waals surface area contributed by atoms with Gasteiger partial charge in [-0.05, 0) is 125 Å².